The molecule has 0 spiro atoms. The fourth-order valence-electron chi connectivity index (χ4n) is 4.85. The van der Waals surface area contributed by atoms with Gasteiger partial charge in [0.1, 0.15) is 35.1 Å². The van der Waals surface area contributed by atoms with Gasteiger partial charge in [-0.05, 0) is 50.6 Å². The molecule has 1 aliphatic rings. The Morgan fingerprint density at radius 1 is 1.15 bits per heavy atom. The zero-order valence-electron chi connectivity index (χ0n) is 22.1. The minimum Gasteiger partial charge on any atom is -0.489 e. The molecule has 1 fully saturated rings. The van der Waals surface area contributed by atoms with Gasteiger partial charge in [-0.2, -0.15) is 0 Å². The summed E-state index contributed by atoms with van der Waals surface area (Å²) in [6.45, 7) is 3.87. The molecule has 2 aromatic heterocycles. The highest BCUT2D eigenvalue weighted by Crippen LogP contribution is 2.41. The molecule has 3 N–H and O–H groups in total. The van der Waals surface area contributed by atoms with Crippen LogP contribution < -0.4 is 9.64 Å². The van der Waals surface area contributed by atoms with Crippen LogP contribution in [0.15, 0.2) is 59.3 Å². The minimum atomic E-state index is -1.35. The number of carbonyl (C=O) groups is 1. The van der Waals surface area contributed by atoms with Gasteiger partial charge in [-0.15, -0.1) is 0 Å². The Bertz CT molecular complexity index is 1600. The average molecular weight is 619 g/mol. The normalized spacial score (nSPS) is 17.2. The Morgan fingerprint density at radius 3 is 2.59 bits per heavy atom. The average Bonchev–Trinajstić information content (AvgIpc) is 3.53. The van der Waals surface area contributed by atoms with Gasteiger partial charge in [0.05, 0.1) is 32.7 Å². The van der Waals surface area contributed by atoms with E-state index < -0.39 is 17.2 Å². The van der Waals surface area contributed by atoms with Gasteiger partial charge in [0.15, 0.2) is 5.76 Å². The number of aromatic carboxylic acids is 1. The summed E-state index contributed by atoms with van der Waals surface area (Å²) >= 11 is 19.3. The third kappa shape index (κ3) is 5.86. The third-order valence-corrected chi connectivity index (χ3v) is 8.07. The Morgan fingerprint density at radius 2 is 1.93 bits per heavy atom. The summed E-state index contributed by atoms with van der Waals surface area (Å²) in [5.41, 5.74) is -0.560. The van der Waals surface area contributed by atoms with Crippen LogP contribution in [0.3, 0.4) is 0 Å². The zero-order valence-corrected chi connectivity index (χ0v) is 24.3. The van der Waals surface area contributed by atoms with E-state index in [4.69, 9.17) is 49.2 Å². The first-order valence-corrected chi connectivity index (χ1v) is 13.8. The molecule has 0 radical (unpaired) electrons. The second kappa shape index (κ2) is 11.2. The molecule has 1 saturated heterocycles. The molecule has 0 aliphatic carbocycles. The maximum absolute atomic E-state index is 11.5. The Kier molecular flexibility index (Phi) is 7.93. The summed E-state index contributed by atoms with van der Waals surface area (Å²) in [6.07, 6.45) is 1.69. The van der Waals surface area contributed by atoms with E-state index in [1.54, 1.807) is 56.3 Å². The van der Waals surface area contributed by atoms with E-state index in [-0.39, 0.29) is 24.5 Å². The van der Waals surface area contributed by atoms with Gasteiger partial charge in [0.2, 0.25) is 0 Å². The first-order chi connectivity index (χ1) is 19.4. The van der Waals surface area contributed by atoms with Crippen LogP contribution in [0.5, 0.6) is 5.75 Å². The summed E-state index contributed by atoms with van der Waals surface area (Å²) in [5, 5.41) is 36.4. The number of carboxylic acids is 1. The van der Waals surface area contributed by atoms with Crippen molar-refractivity contribution in [1.29, 1.82) is 0 Å². The van der Waals surface area contributed by atoms with Crippen LogP contribution >= 0.6 is 34.8 Å². The maximum atomic E-state index is 11.5. The van der Waals surface area contributed by atoms with Crippen LogP contribution in [0.4, 0.5) is 5.82 Å². The number of halogens is 3. The van der Waals surface area contributed by atoms with E-state index in [0.717, 1.165) is 0 Å². The molecule has 2 aromatic carbocycles. The predicted molar refractivity (Wildman–Crippen MR) is 155 cm³/mol. The number of β-amino-alcohol motifs (C(OH)–C–C–N with tert-alkyl or cyclic N) is 1. The molecular weight excluding hydrogens is 593 g/mol. The molecule has 0 amide bonds. The van der Waals surface area contributed by atoms with E-state index in [2.05, 4.69) is 10.1 Å². The number of pyridine rings is 1. The fourth-order valence-corrected chi connectivity index (χ4v) is 5.59. The van der Waals surface area contributed by atoms with Crippen molar-refractivity contribution in [2.45, 2.75) is 38.1 Å². The quantitative estimate of drug-likeness (QED) is 0.208. The van der Waals surface area contributed by atoms with Crippen molar-refractivity contribution in [2.24, 2.45) is 0 Å². The lowest BCUT2D eigenvalue weighted by Crippen LogP contribution is -2.31. The van der Waals surface area contributed by atoms with Gasteiger partial charge in [-0.25, -0.2) is 9.78 Å². The van der Waals surface area contributed by atoms with E-state index in [9.17, 15) is 15.0 Å². The van der Waals surface area contributed by atoms with E-state index in [0.29, 0.717) is 62.0 Å². The van der Waals surface area contributed by atoms with Gasteiger partial charge in [0.25, 0.3) is 0 Å². The topological polar surface area (TPSA) is 129 Å². The Labute approximate surface area is 250 Å². The van der Waals surface area contributed by atoms with Crippen LogP contribution in [0.1, 0.15) is 47.5 Å². The molecule has 5 rings (SSSR count). The smallest absolute Gasteiger partial charge is 0.337 e. The van der Waals surface area contributed by atoms with Crippen LogP contribution in [0, 0.1) is 0 Å². The largest absolute Gasteiger partial charge is 0.489 e. The number of ether oxygens (including phenoxy) is 1. The van der Waals surface area contributed by atoms with Crippen molar-refractivity contribution in [3.8, 4) is 17.0 Å². The molecule has 214 valence electrons. The Balaban J connectivity index is 1.36. The number of anilines is 1. The van der Waals surface area contributed by atoms with Crippen molar-refractivity contribution < 1.29 is 29.4 Å². The minimum absolute atomic E-state index is 0.0211. The molecule has 4 aromatic rings. The number of nitrogens with zero attached hydrogens (tertiary/aromatic N) is 3. The molecule has 9 nitrogen and oxygen atoms in total. The monoisotopic (exact) mass is 617 g/mol. The van der Waals surface area contributed by atoms with Crippen molar-refractivity contribution in [3.63, 3.8) is 0 Å². The van der Waals surface area contributed by atoms with Crippen LogP contribution in [-0.4, -0.2) is 44.5 Å². The van der Waals surface area contributed by atoms with Crippen LogP contribution in [0.2, 0.25) is 15.1 Å². The SMILES string of the molecule is CC(C)(O)c1onc(-c2cccc(Cl)c2Cl)c1COc1ccc(C2(O)CCN(c3ccc(C(=O)O)cn3)C2)c(Cl)c1. The number of benzene rings is 2. The molecule has 1 aliphatic heterocycles. The lowest BCUT2D eigenvalue weighted by Gasteiger charge is -2.25. The second-order valence-corrected chi connectivity index (χ2v) is 11.5. The third-order valence-electron chi connectivity index (χ3n) is 6.94. The highest BCUT2D eigenvalue weighted by atomic mass is 35.5. The molecule has 3 heterocycles. The van der Waals surface area contributed by atoms with Crippen LogP contribution in [-0.2, 0) is 17.8 Å². The summed E-state index contributed by atoms with van der Waals surface area (Å²) < 4.78 is 11.6. The lowest BCUT2D eigenvalue weighted by atomic mass is 9.93. The number of aliphatic hydroxyl groups is 2. The number of hydrogen-bond donors (Lipinski definition) is 3. The standard InChI is InChI=1S/C29H26Cl3N3O6/c1-28(2,38)26-19(25(34-41-26)18-4-3-5-21(30)24(18)32)14-40-17-7-8-20(22(31)12-17)29(39)10-11-35(15-29)23-9-6-16(13-33-23)27(36)37/h3-9,12-13,38-39H,10-11,14-15H2,1-2H3,(H,36,37). The fraction of sp³-hybridized carbons (Fsp3) is 0.276. The van der Waals surface area contributed by atoms with Crippen molar-refractivity contribution in [3.05, 3.63) is 92.2 Å². The second-order valence-electron chi connectivity index (χ2n) is 10.3. The van der Waals surface area contributed by atoms with Crippen molar-refractivity contribution >= 4 is 46.6 Å². The molecule has 1 unspecified atom stereocenters. The van der Waals surface area contributed by atoms with Crippen LogP contribution in [0.25, 0.3) is 11.3 Å². The van der Waals surface area contributed by atoms with E-state index in [1.807, 2.05) is 4.90 Å². The number of aromatic nitrogens is 2. The zero-order chi connectivity index (χ0) is 29.5. The van der Waals surface area contributed by atoms with Gasteiger partial charge < -0.3 is 29.5 Å². The summed E-state index contributed by atoms with van der Waals surface area (Å²) in [6, 6.07) is 13.3. The number of carboxylic acid groups (broad SMARTS) is 1. The summed E-state index contributed by atoms with van der Waals surface area (Å²) in [4.78, 5) is 17.2. The first-order valence-electron chi connectivity index (χ1n) is 12.6. The van der Waals surface area contributed by atoms with Gasteiger partial charge >= 0.3 is 5.97 Å². The predicted octanol–water partition coefficient (Wildman–Crippen LogP) is 6.30. The maximum Gasteiger partial charge on any atom is 0.337 e. The molecular formula is C29H26Cl3N3O6. The van der Waals surface area contributed by atoms with E-state index in [1.165, 1.54) is 12.3 Å². The molecule has 41 heavy (non-hydrogen) atoms. The Hall–Kier alpha value is -3.34. The lowest BCUT2D eigenvalue weighted by molar-refractivity contribution is 0.0451. The van der Waals surface area contributed by atoms with Crippen molar-refractivity contribution in [1.82, 2.24) is 10.1 Å². The van der Waals surface area contributed by atoms with Gasteiger partial charge in [-0.3, -0.25) is 0 Å². The van der Waals surface area contributed by atoms with Crippen molar-refractivity contribution in [2.75, 3.05) is 18.0 Å². The number of hydrogen-bond acceptors (Lipinski definition) is 8. The van der Waals surface area contributed by atoms with Gasteiger partial charge in [-0.1, -0.05) is 58.2 Å². The molecule has 0 saturated carbocycles. The molecule has 0 bridgehead atoms. The highest BCUT2D eigenvalue weighted by Gasteiger charge is 2.40. The van der Waals surface area contributed by atoms with Gasteiger partial charge in [0, 0.05) is 23.9 Å². The molecule has 1 atom stereocenters. The van der Waals surface area contributed by atoms with E-state index >= 15 is 0 Å². The summed E-state index contributed by atoms with van der Waals surface area (Å²) in [7, 11) is 0. The highest BCUT2D eigenvalue weighted by molar-refractivity contribution is 6.43. The number of rotatable bonds is 8. The first kappa shape index (κ1) is 29.2. The molecule has 12 heteroatoms. The summed E-state index contributed by atoms with van der Waals surface area (Å²) in [5.74, 6) is 0.153.